The summed E-state index contributed by atoms with van der Waals surface area (Å²) in [6.07, 6.45) is 4.21. The van der Waals surface area contributed by atoms with E-state index in [0.29, 0.717) is 5.89 Å². The number of hydrogen-bond donors (Lipinski definition) is 1. The first-order valence-corrected chi connectivity index (χ1v) is 13.1. The van der Waals surface area contributed by atoms with Gasteiger partial charge >= 0.3 is 0 Å². The van der Waals surface area contributed by atoms with Crippen LogP contribution in [0.3, 0.4) is 0 Å². The summed E-state index contributed by atoms with van der Waals surface area (Å²) in [7, 11) is 0. The molecule has 0 spiro atoms. The van der Waals surface area contributed by atoms with Gasteiger partial charge in [-0.05, 0) is 83.1 Å². The van der Waals surface area contributed by atoms with Gasteiger partial charge in [0.2, 0.25) is 11.8 Å². The largest absolute Gasteiger partial charge is 0.441 e. The van der Waals surface area contributed by atoms with Crippen LogP contribution >= 0.6 is 0 Å². The van der Waals surface area contributed by atoms with Gasteiger partial charge in [-0.25, -0.2) is 4.98 Å². The summed E-state index contributed by atoms with van der Waals surface area (Å²) < 4.78 is 5.95. The Bertz CT molecular complexity index is 920. The van der Waals surface area contributed by atoms with Crippen LogP contribution in [0.1, 0.15) is 56.5 Å². The summed E-state index contributed by atoms with van der Waals surface area (Å²) in [5.41, 5.74) is 3.24. The minimum Gasteiger partial charge on any atom is -0.441 e. The molecule has 6 nitrogen and oxygen atoms in total. The van der Waals surface area contributed by atoms with Crippen molar-refractivity contribution in [1.82, 2.24) is 20.1 Å². The predicted molar refractivity (Wildman–Crippen MR) is 136 cm³/mol. The Labute approximate surface area is 205 Å². The van der Waals surface area contributed by atoms with Crippen molar-refractivity contribution >= 4 is 5.91 Å². The van der Waals surface area contributed by atoms with Crippen molar-refractivity contribution in [3.63, 3.8) is 0 Å². The first-order valence-electron chi connectivity index (χ1n) is 13.1. The van der Waals surface area contributed by atoms with E-state index in [2.05, 4.69) is 60.2 Å². The van der Waals surface area contributed by atoms with Gasteiger partial charge in [0.1, 0.15) is 5.76 Å². The molecule has 3 heterocycles. The highest BCUT2D eigenvalue weighted by Gasteiger charge is 2.26. The molecule has 0 radical (unpaired) electrons. The van der Waals surface area contributed by atoms with E-state index in [0.717, 1.165) is 80.8 Å². The number of likely N-dealkylation sites (tertiary alicyclic amines) is 2. The number of oxazole rings is 1. The molecule has 34 heavy (non-hydrogen) atoms. The number of rotatable bonds is 8. The first kappa shape index (κ1) is 24.9. The molecule has 2 saturated heterocycles. The molecule has 1 aromatic heterocycles. The van der Waals surface area contributed by atoms with E-state index < -0.39 is 0 Å². The van der Waals surface area contributed by atoms with Crippen LogP contribution in [0.25, 0.3) is 11.5 Å². The lowest BCUT2D eigenvalue weighted by Gasteiger charge is -2.35. The minimum atomic E-state index is 0.132. The number of aryl methyl sites for hydroxylation is 2. The highest BCUT2D eigenvalue weighted by molar-refractivity contribution is 5.78. The summed E-state index contributed by atoms with van der Waals surface area (Å²) in [6.45, 7) is 15.7. The van der Waals surface area contributed by atoms with E-state index in [4.69, 9.17) is 9.40 Å². The molecule has 2 fully saturated rings. The molecule has 0 saturated carbocycles. The van der Waals surface area contributed by atoms with Crippen LogP contribution in [-0.4, -0.2) is 60.0 Å². The molecule has 4 rings (SSSR count). The molecule has 1 N–H and O–H groups in total. The standard InChI is InChI=1S/C28H42N4O2/c1-20-6-8-25(9-7-20)28-30-26(23(4)34-28)19-31-14-10-24(11-15-31)27(33)29-12-5-13-32-17-21(2)16-22(3)18-32/h6-9,21-22,24H,5,10-19H2,1-4H3,(H,29,33). The summed E-state index contributed by atoms with van der Waals surface area (Å²) in [4.78, 5) is 22.4. The van der Waals surface area contributed by atoms with Crippen LogP contribution in [0.5, 0.6) is 0 Å². The second-order valence-electron chi connectivity index (χ2n) is 10.8. The highest BCUT2D eigenvalue weighted by Crippen LogP contribution is 2.25. The average molecular weight is 467 g/mol. The van der Waals surface area contributed by atoms with Gasteiger partial charge in [-0.1, -0.05) is 31.5 Å². The van der Waals surface area contributed by atoms with Crippen LogP contribution in [0.15, 0.2) is 28.7 Å². The number of carbonyl (C=O) groups is 1. The van der Waals surface area contributed by atoms with Crippen LogP contribution < -0.4 is 5.32 Å². The monoisotopic (exact) mass is 466 g/mol. The Balaban J connectivity index is 1.17. The van der Waals surface area contributed by atoms with Crippen LogP contribution in [0.2, 0.25) is 0 Å². The van der Waals surface area contributed by atoms with Gasteiger partial charge in [0, 0.05) is 37.7 Å². The lowest BCUT2D eigenvalue weighted by molar-refractivity contribution is -0.126. The van der Waals surface area contributed by atoms with Gasteiger partial charge in [0.25, 0.3) is 0 Å². The SMILES string of the molecule is Cc1ccc(-c2nc(CN3CCC(C(=O)NCCCN4CC(C)CC(C)C4)CC3)c(C)o2)cc1. The van der Waals surface area contributed by atoms with Gasteiger partial charge in [-0.2, -0.15) is 0 Å². The molecule has 186 valence electrons. The van der Waals surface area contributed by atoms with Crippen molar-refractivity contribution in [3.8, 4) is 11.5 Å². The lowest BCUT2D eigenvalue weighted by atomic mass is 9.92. The van der Waals surface area contributed by atoms with Crippen molar-refractivity contribution in [2.24, 2.45) is 17.8 Å². The Morgan fingerprint density at radius 1 is 1.06 bits per heavy atom. The number of hydrogen-bond acceptors (Lipinski definition) is 5. The maximum Gasteiger partial charge on any atom is 0.226 e. The van der Waals surface area contributed by atoms with E-state index >= 15 is 0 Å². The number of benzene rings is 1. The smallest absolute Gasteiger partial charge is 0.226 e. The van der Waals surface area contributed by atoms with E-state index in [9.17, 15) is 4.79 Å². The lowest BCUT2D eigenvalue weighted by Crippen LogP contribution is -2.42. The van der Waals surface area contributed by atoms with Crippen molar-refractivity contribution in [2.75, 3.05) is 39.3 Å². The maximum atomic E-state index is 12.7. The number of amides is 1. The number of nitrogens with one attached hydrogen (secondary N) is 1. The molecule has 2 aliphatic heterocycles. The molecule has 2 aromatic rings. The van der Waals surface area contributed by atoms with E-state index in [1.807, 2.05) is 6.92 Å². The van der Waals surface area contributed by atoms with Gasteiger partial charge in [0.05, 0.1) is 5.69 Å². The van der Waals surface area contributed by atoms with Gasteiger partial charge in [-0.15, -0.1) is 0 Å². The molecular formula is C28H42N4O2. The number of piperidine rings is 2. The molecule has 2 atom stereocenters. The van der Waals surface area contributed by atoms with Crippen LogP contribution in [0.4, 0.5) is 0 Å². The van der Waals surface area contributed by atoms with Crippen molar-refractivity contribution < 1.29 is 9.21 Å². The van der Waals surface area contributed by atoms with Crippen LogP contribution in [-0.2, 0) is 11.3 Å². The molecule has 0 aliphatic carbocycles. The van der Waals surface area contributed by atoms with Gasteiger partial charge in [0.15, 0.2) is 0 Å². The minimum absolute atomic E-state index is 0.132. The summed E-state index contributed by atoms with van der Waals surface area (Å²) in [6, 6.07) is 8.28. The van der Waals surface area contributed by atoms with E-state index in [-0.39, 0.29) is 11.8 Å². The zero-order valence-electron chi connectivity index (χ0n) is 21.5. The number of carbonyl (C=O) groups excluding carboxylic acids is 1. The molecule has 0 bridgehead atoms. The topological polar surface area (TPSA) is 61.6 Å². The van der Waals surface area contributed by atoms with E-state index in [1.165, 1.54) is 25.1 Å². The summed E-state index contributed by atoms with van der Waals surface area (Å²) >= 11 is 0. The molecule has 1 amide bonds. The maximum absolute atomic E-state index is 12.7. The third-order valence-electron chi connectivity index (χ3n) is 7.42. The Morgan fingerprint density at radius 2 is 1.74 bits per heavy atom. The molecule has 6 heteroatoms. The van der Waals surface area contributed by atoms with Crippen LogP contribution in [0, 0.1) is 31.6 Å². The Morgan fingerprint density at radius 3 is 2.41 bits per heavy atom. The quantitative estimate of drug-likeness (QED) is 0.574. The fraction of sp³-hybridized carbons (Fsp3) is 0.643. The van der Waals surface area contributed by atoms with E-state index in [1.54, 1.807) is 0 Å². The second-order valence-corrected chi connectivity index (χ2v) is 10.8. The predicted octanol–water partition coefficient (Wildman–Crippen LogP) is 4.65. The normalized spacial score (nSPS) is 22.7. The Kier molecular flexibility index (Phi) is 8.43. The second kappa shape index (κ2) is 11.5. The third-order valence-corrected chi connectivity index (χ3v) is 7.42. The first-order chi connectivity index (χ1) is 16.4. The van der Waals surface area contributed by atoms with Gasteiger partial charge in [-0.3, -0.25) is 9.69 Å². The zero-order chi connectivity index (χ0) is 24.1. The number of nitrogens with zero attached hydrogens (tertiary/aromatic N) is 3. The molecular weight excluding hydrogens is 424 g/mol. The van der Waals surface area contributed by atoms with Crippen molar-refractivity contribution in [3.05, 3.63) is 41.3 Å². The summed E-state index contributed by atoms with van der Waals surface area (Å²) in [5.74, 6) is 3.52. The molecule has 1 aromatic carbocycles. The molecule has 2 unspecified atom stereocenters. The Hall–Kier alpha value is -2.18. The fourth-order valence-corrected chi connectivity index (χ4v) is 5.59. The van der Waals surface area contributed by atoms with Crippen molar-refractivity contribution in [2.45, 2.75) is 59.9 Å². The molecule has 2 aliphatic rings. The summed E-state index contributed by atoms with van der Waals surface area (Å²) in [5, 5.41) is 3.20. The third kappa shape index (κ3) is 6.70. The average Bonchev–Trinajstić information content (AvgIpc) is 3.17. The van der Waals surface area contributed by atoms with Gasteiger partial charge < -0.3 is 14.6 Å². The number of aromatic nitrogens is 1. The highest BCUT2D eigenvalue weighted by atomic mass is 16.4. The zero-order valence-corrected chi connectivity index (χ0v) is 21.5. The fourth-order valence-electron chi connectivity index (χ4n) is 5.59. The van der Waals surface area contributed by atoms with Crippen molar-refractivity contribution in [1.29, 1.82) is 0 Å².